The summed E-state index contributed by atoms with van der Waals surface area (Å²) in [6.07, 6.45) is 0. The van der Waals surface area contributed by atoms with Gasteiger partial charge in [-0.1, -0.05) is 22.0 Å². The average Bonchev–Trinajstić information content (AvgIpc) is 2.40. The highest BCUT2D eigenvalue weighted by atomic mass is 79.9. The summed E-state index contributed by atoms with van der Waals surface area (Å²) >= 11 is 10.1. The van der Waals surface area contributed by atoms with Crippen molar-refractivity contribution in [2.24, 2.45) is 0 Å². The molecule has 0 aliphatic carbocycles. The number of methoxy groups -OCH3 is 1. The predicted molar refractivity (Wildman–Crippen MR) is 84.3 cm³/mol. The zero-order chi connectivity index (χ0) is 14.9. The van der Waals surface area contributed by atoms with Crippen LogP contribution in [0.3, 0.4) is 0 Å². The van der Waals surface area contributed by atoms with Crippen LogP contribution in [-0.4, -0.2) is 7.11 Å². The molecule has 0 amide bonds. The van der Waals surface area contributed by atoms with E-state index in [0.29, 0.717) is 0 Å². The molecule has 0 fully saturated rings. The molecule has 0 N–H and O–H groups in total. The van der Waals surface area contributed by atoms with Gasteiger partial charge in [0.1, 0.15) is 11.6 Å². The van der Waals surface area contributed by atoms with Gasteiger partial charge in [-0.05, 0) is 54.8 Å². The molecule has 0 bridgehead atoms. The number of ether oxygens (including phenoxy) is 1. The Kier molecular flexibility index (Phi) is 4.71. The molecule has 106 valence electrons. The van der Waals surface area contributed by atoms with Crippen LogP contribution >= 0.6 is 27.5 Å². The smallest absolute Gasteiger partial charge is 0.124 e. The molecular formula is C16H15BrClFO. The minimum Gasteiger partial charge on any atom is -0.496 e. The molecule has 0 saturated heterocycles. The van der Waals surface area contributed by atoms with E-state index in [1.54, 1.807) is 13.2 Å². The Hall–Kier alpha value is -1.06. The summed E-state index contributed by atoms with van der Waals surface area (Å²) in [5.74, 6) is 0.474. The second-order valence-corrected chi connectivity index (χ2v) is 6.00. The first-order chi connectivity index (χ1) is 9.43. The lowest BCUT2D eigenvalue weighted by atomic mass is 9.98. The van der Waals surface area contributed by atoms with Gasteiger partial charge in [0, 0.05) is 10.0 Å². The molecule has 0 aromatic heterocycles. The van der Waals surface area contributed by atoms with Crippen LogP contribution in [0.25, 0.3) is 0 Å². The molecule has 2 aromatic rings. The maximum absolute atomic E-state index is 13.2. The summed E-state index contributed by atoms with van der Waals surface area (Å²) < 4.78 is 19.6. The summed E-state index contributed by atoms with van der Waals surface area (Å²) in [6.45, 7) is 3.84. The summed E-state index contributed by atoms with van der Waals surface area (Å²) in [5.41, 5.74) is 3.64. The first-order valence-electron chi connectivity index (χ1n) is 6.18. The molecule has 0 saturated carbocycles. The van der Waals surface area contributed by atoms with E-state index in [2.05, 4.69) is 15.9 Å². The fourth-order valence-electron chi connectivity index (χ4n) is 2.14. The predicted octanol–water partition coefficient (Wildman–Crippen LogP) is 5.54. The highest BCUT2D eigenvalue weighted by molar-refractivity contribution is 9.10. The first kappa shape index (κ1) is 15.3. The Bertz CT molecular complexity index is 643. The Balaban J connectivity index is 2.52. The van der Waals surface area contributed by atoms with E-state index in [1.165, 1.54) is 12.1 Å². The fourth-order valence-corrected chi connectivity index (χ4v) is 2.91. The van der Waals surface area contributed by atoms with Crippen molar-refractivity contribution < 1.29 is 9.13 Å². The number of hydrogen-bond donors (Lipinski definition) is 0. The third kappa shape index (κ3) is 2.99. The maximum atomic E-state index is 13.2. The molecule has 20 heavy (non-hydrogen) atoms. The molecule has 0 spiro atoms. The van der Waals surface area contributed by atoms with Crippen molar-refractivity contribution in [3.8, 4) is 5.75 Å². The van der Waals surface area contributed by atoms with Crippen molar-refractivity contribution in [3.63, 3.8) is 0 Å². The minimum atomic E-state index is -0.387. The monoisotopic (exact) mass is 356 g/mol. The van der Waals surface area contributed by atoms with Gasteiger partial charge in [0.15, 0.2) is 0 Å². The SMILES string of the molecule is COc1cc(C)c(Br)cc1C(Cl)c1ccc(F)cc1C. The van der Waals surface area contributed by atoms with Gasteiger partial charge in [-0.3, -0.25) is 0 Å². The molecule has 0 aliphatic rings. The van der Waals surface area contributed by atoms with Crippen LogP contribution in [0.2, 0.25) is 0 Å². The lowest BCUT2D eigenvalue weighted by molar-refractivity contribution is 0.409. The van der Waals surface area contributed by atoms with Gasteiger partial charge in [0.2, 0.25) is 0 Å². The van der Waals surface area contributed by atoms with E-state index >= 15 is 0 Å². The Morgan fingerprint density at radius 1 is 1.10 bits per heavy atom. The van der Waals surface area contributed by atoms with Crippen LogP contribution in [0.5, 0.6) is 5.75 Å². The summed E-state index contributed by atoms with van der Waals surface area (Å²) in [6, 6.07) is 8.52. The number of hydrogen-bond acceptors (Lipinski definition) is 1. The number of alkyl halides is 1. The quantitative estimate of drug-likeness (QED) is 0.655. The zero-order valence-electron chi connectivity index (χ0n) is 11.5. The van der Waals surface area contributed by atoms with Gasteiger partial charge in [-0.2, -0.15) is 0 Å². The molecular weight excluding hydrogens is 343 g/mol. The van der Waals surface area contributed by atoms with Crippen molar-refractivity contribution >= 4 is 27.5 Å². The van der Waals surface area contributed by atoms with E-state index in [1.807, 2.05) is 26.0 Å². The number of halogens is 3. The molecule has 0 aliphatic heterocycles. The fraction of sp³-hybridized carbons (Fsp3) is 0.250. The Morgan fingerprint density at radius 3 is 2.40 bits per heavy atom. The van der Waals surface area contributed by atoms with Gasteiger partial charge in [0.05, 0.1) is 12.5 Å². The van der Waals surface area contributed by atoms with Gasteiger partial charge < -0.3 is 4.74 Å². The molecule has 1 nitrogen and oxygen atoms in total. The average molecular weight is 358 g/mol. The van der Waals surface area contributed by atoms with E-state index in [9.17, 15) is 4.39 Å². The van der Waals surface area contributed by atoms with Crippen molar-refractivity contribution in [2.75, 3.05) is 7.11 Å². The van der Waals surface area contributed by atoms with Crippen molar-refractivity contribution in [1.29, 1.82) is 0 Å². The van der Waals surface area contributed by atoms with Gasteiger partial charge in [-0.25, -0.2) is 4.39 Å². The largest absolute Gasteiger partial charge is 0.496 e. The van der Waals surface area contributed by atoms with E-state index < -0.39 is 0 Å². The lowest BCUT2D eigenvalue weighted by Crippen LogP contribution is -2.01. The van der Waals surface area contributed by atoms with Crippen LogP contribution < -0.4 is 4.74 Å². The zero-order valence-corrected chi connectivity index (χ0v) is 13.8. The third-order valence-corrected chi connectivity index (χ3v) is 4.61. The molecule has 1 atom stereocenters. The number of aryl methyl sites for hydroxylation is 2. The number of rotatable bonds is 3. The van der Waals surface area contributed by atoms with Crippen molar-refractivity contribution in [2.45, 2.75) is 19.2 Å². The first-order valence-corrected chi connectivity index (χ1v) is 7.41. The molecule has 0 heterocycles. The molecule has 0 radical (unpaired) electrons. The molecule has 2 aromatic carbocycles. The normalized spacial score (nSPS) is 12.3. The third-order valence-electron chi connectivity index (χ3n) is 3.29. The summed E-state index contributed by atoms with van der Waals surface area (Å²) in [7, 11) is 1.62. The van der Waals surface area contributed by atoms with Crippen molar-refractivity contribution in [3.05, 3.63) is 62.9 Å². The van der Waals surface area contributed by atoms with Gasteiger partial charge in [-0.15, -0.1) is 11.6 Å². The van der Waals surface area contributed by atoms with Gasteiger partial charge in [0.25, 0.3) is 0 Å². The standard InChI is InChI=1S/C16H15BrClFO/c1-9-6-11(19)4-5-12(9)16(18)13-8-14(17)10(2)7-15(13)20-3/h4-8,16H,1-3H3. The highest BCUT2D eigenvalue weighted by Gasteiger charge is 2.19. The van der Waals surface area contributed by atoms with E-state index in [-0.39, 0.29) is 11.2 Å². The summed E-state index contributed by atoms with van der Waals surface area (Å²) in [5, 5.41) is -0.387. The maximum Gasteiger partial charge on any atom is 0.124 e. The summed E-state index contributed by atoms with van der Waals surface area (Å²) in [4.78, 5) is 0. The Morgan fingerprint density at radius 2 is 1.80 bits per heavy atom. The Labute approximate surface area is 131 Å². The second-order valence-electron chi connectivity index (χ2n) is 4.71. The van der Waals surface area contributed by atoms with Crippen LogP contribution in [0.1, 0.15) is 27.6 Å². The lowest BCUT2D eigenvalue weighted by Gasteiger charge is -2.18. The van der Waals surface area contributed by atoms with Crippen LogP contribution in [0.15, 0.2) is 34.8 Å². The van der Waals surface area contributed by atoms with Crippen LogP contribution in [0.4, 0.5) is 4.39 Å². The molecule has 2 rings (SSSR count). The molecule has 4 heteroatoms. The van der Waals surface area contributed by atoms with Crippen LogP contribution in [-0.2, 0) is 0 Å². The second kappa shape index (κ2) is 6.15. The minimum absolute atomic E-state index is 0.257. The van der Waals surface area contributed by atoms with Gasteiger partial charge >= 0.3 is 0 Å². The highest BCUT2D eigenvalue weighted by Crippen LogP contribution is 2.39. The molecule has 1 unspecified atom stereocenters. The number of benzene rings is 2. The van der Waals surface area contributed by atoms with Crippen molar-refractivity contribution in [1.82, 2.24) is 0 Å². The van der Waals surface area contributed by atoms with E-state index in [0.717, 1.165) is 32.5 Å². The topological polar surface area (TPSA) is 9.23 Å². The van der Waals surface area contributed by atoms with Crippen LogP contribution in [0, 0.1) is 19.7 Å². The van der Waals surface area contributed by atoms with E-state index in [4.69, 9.17) is 16.3 Å².